The summed E-state index contributed by atoms with van der Waals surface area (Å²) in [4.78, 5) is 20.9. The van der Waals surface area contributed by atoms with Crippen LogP contribution in [0.25, 0.3) is 11.0 Å². The summed E-state index contributed by atoms with van der Waals surface area (Å²) in [5, 5.41) is 10.9. The lowest BCUT2D eigenvalue weighted by atomic mass is 10.2. The average molecular weight is 314 g/mol. The number of aryl methyl sites for hydroxylation is 1. The van der Waals surface area contributed by atoms with E-state index in [0.29, 0.717) is 24.6 Å². The second-order valence-electron chi connectivity index (χ2n) is 4.73. The number of aliphatic carboxylic acids is 1. The third kappa shape index (κ3) is 3.40. The molecule has 0 fully saturated rings. The third-order valence-electron chi connectivity index (χ3n) is 3.11. The zero-order chi connectivity index (χ0) is 15.4. The van der Waals surface area contributed by atoms with E-state index in [0.717, 1.165) is 15.9 Å². The zero-order valence-electron chi connectivity index (χ0n) is 11.7. The van der Waals surface area contributed by atoms with Gasteiger partial charge in [0.25, 0.3) is 0 Å². The Morgan fingerprint density at radius 1 is 1.14 bits per heavy atom. The van der Waals surface area contributed by atoms with Gasteiger partial charge in [-0.05, 0) is 23.6 Å². The van der Waals surface area contributed by atoms with E-state index in [1.807, 2.05) is 41.8 Å². The minimum Gasteiger partial charge on any atom is -0.481 e. The Hall–Kier alpha value is -2.47. The van der Waals surface area contributed by atoms with E-state index < -0.39 is 5.97 Å². The van der Waals surface area contributed by atoms with Crippen molar-refractivity contribution in [3.63, 3.8) is 0 Å². The first kappa shape index (κ1) is 14.5. The highest BCUT2D eigenvalue weighted by atomic mass is 32.1. The van der Waals surface area contributed by atoms with Gasteiger partial charge in [0.15, 0.2) is 0 Å². The van der Waals surface area contributed by atoms with Crippen LogP contribution in [0.1, 0.15) is 17.0 Å². The van der Waals surface area contributed by atoms with Gasteiger partial charge in [-0.3, -0.25) is 4.79 Å². The number of para-hydroxylation sites is 2. The van der Waals surface area contributed by atoms with Gasteiger partial charge in [0.05, 0.1) is 17.5 Å². The van der Waals surface area contributed by atoms with Gasteiger partial charge < -0.3 is 9.84 Å². The number of hydrogen-bond acceptors (Lipinski definition) is 5. The predicted molar refractivity (Wildman–Crippen MR) is 84.1 cm³/mol. The van der Waals surface area contributed by atoms with Crippen molar-refractivity contribution in [2.24, 2.45) is 0 Å². The first-order valence-corrected chi connectivity index (χ1v) is 7.73. The van der Waals surface area contributed by atoms with Crippen LogP contribution in [0, 0.1) is 0 Å². The quantitative estimate of drug-likeness (QED) is 0.756. The molecule has 0 saturated heterocycles. The number of carbonyl (C=O) groups is 1. The summed E-state index contributed by atoms with van der Waals surface area (Å²) in [6, 6.07) is 11.4. The monoisotopic (exact) mass is 314 g/mol. The molecule has 0 atom stereocenters. The van der Waals surface area contributed by atoms with Crippen molar-refractivity contribution < 1.29 is 14.6 Å². The Balaban J connectivity index is 1.89. The molecule has 0 radical (unpaired) electrons. The van der Waals surface area contributed by atoms with E-state index in [1.165, 1.54) is 0 Å². The molecule has 2 heterocycles. The lowest BCUT2D eigenvalue weighted by molar-refractivity contribution is -0.136. The number of carboxylic acids is 1. The standard InChI is InChI=1S/C16H14N2O3S/c19-15(20)8-7-14-16(21-10-11-4-3-9-22-11)18-13-6-2-1-5-12(13)17-14/h1-6,9H,7-8,10H2,(H,19,20). The topological polar surface area (TPSA) is 72.3 Å². The van der Waals surface area contributed by atoms with E-state index >= 15 is 0 Å². The number of nitrogens with zero attached hydrogens (tertiary/aromatic N) is 2. The number of aromatic nitrogens is 2. The minimum absolute atomic E-state index is 0.00236. The second kappa shape index (κ2) is 6.53. The number of benzene rings is 1. The summed E-state index contributed by atoms with van der Waals surface area (Å²) in [5.74, 6) is -0.451. The number of hydrogen-bond donors (Lipinski definition) is 1. The smallest absolute Gasteiger partial charge is 0.303 e. The molecule has 0 aliphatic heterocycles. The Morgan fingerprint density at radius 3 is 2.59 bits per heavy atom. The van der Waals surface area contributed by atoms with Crippen LogP contribution in [-0.4, -0.2) is 21.0 Å². The summed E-state index contributed by atoms with van der Waals surface area (Å²) in [7, 11) is 0. The van der Waals surface area contributed by atoms with Crippen LogP contribution in [0.15, 0.2) is 41.8 Å². The molecule has 0 aliphatic rings. The lowest BCUT2D eigenvalue weighted by Crippen LogP contribution is -2.05. The van der Waals surface area contributed by atoms with Gasteiger partial charge in [-0.2, -0.15) is 0 Å². The fourth-order valence-corrected chi connectivity index (χ4v) is 2.67. The SMILES string of the molecule is O=C(O)CCc1nc2ccccc2nc1OCc1cccs1. The normalized spacial score (nSPS) is 10.7. The molecule has 0 saturated carbocycles. The molecule has 0 aliphatic carbocycles. The molecule has 3 rings (SSSR count). The summed E-state index contributed by atoms with van der Waals surface area (Å²) in [6.45, 7) is 0.407. The van der Waals surface area contributed by atoms with Crippen molar-refractivity contribution >= 4 is 28.3 Å². The number of thiophene rings is 1. The first-order chi connectivity index (χ1) is 10.7. The van der Waals surface area contributed by atoms with E-state index in [-0.39, 0.29) is 6.42 Å². The number of fused-ring (bicyclic) bond motifs is 1. The molecule has 3 aromatic rings. The minimum atomic E-state index is -0.862. The fraction of sp³-hybridized carbons (Fsp3) is 0.188. The van der Waals surface area contributed by atoms with Gasteiger partial charge in [0.2, 0.25) is 5.88 Å². The van der Waals surface area contributed by atoms with Gasteiger partial charge in [0, 0.05) is 11.3 Å². The highest BCUT2D eigenvalue weighted by Crippen LogP contribution is 2.22. The molecule has 112 valence electrons. The lowest BCUT2D eigenvalue weighted by Gasteiger charge is -2.10. The maximum atomic E-state index is 10.8. The Bertz CT molecular complexity index is 787. The van der Waals surface area contributed by atoms with Crippen molar-refractivity contribution in [1.82, 2.24) is 9.97 Å². The largest absolute Gasteiger partial charge is 0.481 e. The predicted octanol–water partition coefficient (Wildman–Crippen LogP) is 3.29. The maximum Gasteiger partial charge on any atom is 0.303 e. The van der Waals surface area contributed by atoms with Gasteiger partial charge in [-0.25, -0.2) is 9.97 Å². The molecule has 22 heavy (non-hydrogen) atoms. The van der Waals surface area contributed by atoms with Crippen LogP contribution >= 0.6 is 11.3 Å². The van der Waals surface area contributed by atoms with Crippen molar-refractivity contribution in [2.75, 3.05) is 0 Å². The van der Waals surface area contributed by atoms with E-state index in [4.69, 9.17) is 9.84 Å². The highest BCUT2D eigenvalue weighted by molar-refractivity contribution is 7.09. The molecule has 1 aromatic carbocycles. The number of ether oxygens (including phenoxy) is 1. The Labute approximate surface area is 131 Å². The molecule has 6 heteroatoms. The van der Waals surface area contributed by atoms with E-state index in [1.54, 1.807) is 11.3 Å². The third-order valence-corrected chi connectivity index (χ3v) is 3.96. The van der Waals surface area contributed by atoms with Crippen LogP contribution in [0.3, 0.4) is 0 Å². The highest BCUT2D eigenvalue weighted by Gasteiger charge is 2.12. The summed E-state index contributed by atoms with van der Waals surface area (Å²) < 4.78 is 5.77. The Kier molecular flexibility index (Phi) is 4.29. The molecule has 0 spiro atoms. The summed E-state index contributed by atoms with van der Waals surface area (Å²) >= 11 is 1.60. The van der Waals surface area contributed by atoms with Crippen molar-refractivity contribution in [3.8, 4) is 5.88 Å². The second-order valence-corrected chi connectivity index (χ2v) is 5.76. The van der Waals surface area contributed by atoms with Gasteiger partial charge in [-0.1, -0.05) is 18.2 Å². The zero-order valence-corrected chi connectivity index (χ0v) is 12.5. The molecular weight excluding hydrogens is 300 g/mol. The van der Waals surface area contributed by atoms with E-state index in [9.17, 15) is 4.79 Å². The van der Waals surface area contributed by atoms with Crippen LogP contribution in [0.4, 0.5) is 0 Å². The van der Waals surface area contributed by atoms with Gasteiger partial charge >= 0.3 is 5.97 Å². The number of rotatable bonds is 6. The van der Waals surface area contributed by atoms with Crippen LogP contribution in [-0.2, 0) is 17.8 Å². The van der Waals surface area contributed by atoms with Crippen molar-refractivity contribution in [2.45, 2.75) is 19.4 Å². The first-order valence-electron chi connectivity index (χ1n) is 6.85. The average Bonchev–Trinajstić information content (AvgIpc) is 3.03. The van der Waals surface area contributed by atoms with Crippen molar-refractivity contribution in [1.29, 1.82) is 0 Å². The molecule has 0 unspecified atom stereocenters. The molecule has 0 amide bonds. The van der Waals surface area contributed by atoms with E-state index in [2.05, 4.69) is 9.97 Å². The molecule has 1 N–H and O–H groups in total. The van der Waals surface area contributed by atoms with Crippen LogP contribution in [0.5, 0.6) is 5.88 Å². The fourth-order valence-electron chi connectivity index (χ4n) is 2.06. The molecule has 2 aromatic heterocycles. The molecule has 0 bridgehead atoms. The number of carboxylic acid groups (broad SMARTS) is 1. The summed E-state index contributed by atoms with van der Waals surface area (Å²) in [5.41, 5.74) is 2.06. The summed E-state index contributed by atoms with van der Waals surface area (Å²) in [6.07, 6.45) is 0.301. The van der Waals surface area contributed by atoms with Gasteiger partial charge in [-0.15, -0.1) is 11.3 Å². The molecule has 5 nitrogen and oxygen atoms in total. The van der Waals surface area contributed by atoms with Crippen LogP contribution < -0.4 is 4.74 Å². The Morgan fingerprint density at radius 2 is 1.91 bits per heavy atom. The maximum absolute atomic E-state index is 10.8. The van der Waals surface area contributed by atoms with Crippen molar-refractivity contribution in [3.05, 3.63) is 52.3 Å². The van der Waals surface area contributed by atoms with Crippen LogP contribution in [0.2, 0.25) is 0 Å². The molecular formula is C16H14N2O3S. The van der Waals surface area contributed by atoms with Gasteiger partial charge in [0.1, 0.15) is 12.3 Å².